The van der Waals surface area contributed by atoms with Crippen LogP contribution < -0.4 is 19.9 Å². The monoisotopic (exact) mass is 696 g/mol. The van der Waals surface area contributed by atoms with E-state index in [1.807, 2.05) is 54.6 Å². The molecule has 50 heavy (non-hydrogen) atoms. The number of aromatic nitrogens is 2. The maximum atomic E-state index is 14.1. The summed E-state index contributed by atoms with van der Waals surface area (Å²) in [5.41, 5.74) is -0.0150. The molecule has 0 aliphatic carbocycles. The number of ether oxygens (including phenoxy) is 5. The Morgan fingerprint density at radius 1 is 0.780 bits per heavy atom. The highest BCUT2D eigenvalue weighted by Crippen LogP contribution is 2.43. The fraction of sp³-hybridized carbons (Fsp3) is 0.222. The molecule has 0 radical (unpaired) electrons. The van der Waals surface area contributed by atoms with Crippen LogP contribution in [0.3, 0.4) is 0 Å². The van der Waals surface area contributed by atoms with Gasteiger partial charge < -0.3 is 28.8 Å². The minimum Gasteiger partial charge on any atom is -0.497 e. The molecule has 1 aromatic heterocycles. The third-order valence-electron chi connectivity index (χ3n) is 8.33. The quantitative estimate of drug-likeness (QED) is 0.0733. The summed E-state index contributed by atoms with van der Waals surface area (Å²) >= 11 is 0. The Bertz CT molecular complexity index is 1950. The molecule has 14 heteroatoms. The number of nitrogens with zero attached hydrogens (tertiary/aromatic N) is 2. The maximum Gasteiger partial charge on any atom is 0.352 e. The van der Waals surface area contributed by atoms with Crippen LogP contribution in [-0.4, -0.2) is 47.7 Å². The number of hydrogen-bond acceptors (Lipinski definition) is 8. The lowest BCUT2D eigenvalue weighted by molar-refractivity contribution is -0.0944. The second kappa shape index (κ2) is 14.3. The lowest BCUT2D eigenvalue weighted by atomic mass is 9.80. The number of benzene rings is 4. The van der Waals surface area contributed by atoms with Crippen molar-refractivity contribution in [2.24, 2.45) is 0 Å². The first-order valence-corrected chi connectivity index (χ1v) is 15.2. The molecular weight excluding hydrogens is 667 g/mol. The lowest BCUT2D eigenvalue weighted by Gasteiger charge is -2.37. The molecule has 3 atom stereocenters. The molecule has 0 spiro atoms. The number of methoxy groups -OCH3 is 2. The first-order chi connectivity index (χ1) is 24.1. The Morgan fingerprint density at radius 2 is 1.30 bits per heavy atom. The number of aliphatic hydroxyl groups excluding tert-OH is 1. The zero-order valence-corrected chi connectivity index (χ0v) is 26.5. The summed E-state index contributed by atoms with van der Waals surface area (Å²) in [6.07, 6.45) is -2.10. The molecule has 4 aromatic carbocycles. The molecule has 0 unspecified atom stereocenters. The van der Waals surface area contributed by atoms with Crippen LogP contribution in [0.5, 0.6) is 23.1 Å². The molecular formula is C36H29F5N2O7. The number of rotatable bonds is 11. The molecule has 1 fully saturated rings. The van der Waals surface area contributed by atoms with Crippen molar-refractivity contribution in [3.8, 4) is 23.1 Å². The van der Waals surface area contributed by atoms with E-state index in [1.165, 1.54) is 0 Å². The zero-order valence-electron chi connectivity index (χ0n) is 26.5. The smallest absolute Gasteiger partial charge is 0.352 e. The topological polar surface area (TPSA) is 101 Å². The van der Waals surface area contributed by atoms with Gasteiger partial charge in [0.2, 0.25) is 40.7 Å². The van der Waals surface area contributed by atoms with Crippen molar-refractivity contribution in [3.05, 3.63) is 147 Å². The van der Waals surface area contributed by atoms with Crippen LogP contribution in [0.15, 0.2) is 95.9 Å². The zero-order chi connectivity index (χ0) is 35.6. The van der Waals surface area contributed by atoms with Gasteiger partial charge in [0.05, 0.1) is 26.9 Å². The van der Waals surface area contributed by atoms with Gasteiger partial charge in [-0.25, -0.2) is 18.0 Å². The Morgan fingerprint density at radius 3 is 1.82 bits per heavy atom. The van der Waals surface area contributed by atoms with E-state index in [4.69, 9.17) is 23.7 Å². The molecule has 9 nitrogen and oxygen atoms in total. The highest BCUT2D eigenvalue weighted by molar-refractivity contribution is 5.49. The maximum absolute atomic E-state index is 14.1. The van der Waals surface area contributed by atoms with Crippen LogP contribution in [0.2, 0.25) is 0 Å². The molecule has 1 aliphatic heterocycles. The van der Waals surface area contributed by atoms with Gasteiger partial charge in [-0.1, -0.05) is 54.6 Å². The fourth-order valence-corrected chi connectivity index (χ4v) is 5.77. The first kappa shape index (κ1) is 34.5. The Labute approximate surface area is 282 Å². The van der Waals surface area contributed by atoms with E-state index in [9.17, 15) is 31.9 Å². The Hall–Kier alpha value is -5.31. The number of aliphatic hydroxyl groups is 1. The van der Waals surface area contributed by atoms with Crippen molar-refractivity contribution < 1.29 is 50.7 Å². The molecule has 6 rings (SSSR count). The van der Waals surface area contributed by atoms with Gasteiger partial charge in [0.15, 0.2) is 0 Å². The summed E-state index contributed by atoms with van der Waals surface area (Å²) in [4.78, 5) is 16.5. The number of halogens is 5. The Balaban J connectivity index is 1.28. The van der Waals surface area contributed by atoms with Gasteiger partial charge in [-0.2, -0.15) is 13.8 Å². The second-order valence-electron chi connectivity index (χ2n) is 11.2. The van der Waals surface area contributed by atoms with E-state index in [0.717, 1.165) is 33.5 Å². The summed E-state index contributed by atoms with van der Waals surface area (Å²) in [5, 5.41) is 11.1. The van der Waals surface area contributed by atoms with Crippen LogP contribution in [0.1, 0.15) is 29.3 Å². The third kappa shape index (κ3) is 6.40. The molecule has 260 valence electrons. The van der Waals surface area contributed by atoms with Crippen LogP contribution in [0.25, 0.3) is 0 Å². The predicted octanol–water partition coefficient (Wildman–Crippen LogP) is 6.41. The fourth-order valence-electron chi connectivity index (χ4n) is 5.77. The van der Waals surface area contributed by atoms with Crippen molar-refractivity contribution in [3.63, 3.8) is 0 Å². The van der Waals surface area contributed by atoms with Crippen LogP contribution in [0.4, 0.5) is 22.0 Å². The van der Waals surface area contributed by atoms with Gasteiger partial charge in [-0.3, -0.25) is 4.57 Å². The van der Waals surface area contributed by atoms with Gasteiger partial charge in [0, 0.05) is 18.7 Å². The highest BCUT2D eigenvalue weighted by Gasteiger charge is 2.42. The predicted molar refractivity (Wildman–Crippen MR) is 168 cm³/mol. The van der Waals surface area contributed by atoms with Crippen molar-refractivity contribution in [2.75, 3.05) is 20.8 Å². The minimum atomic E-state index is -2.36. The van der Waals surface area contributed by atoms with Gasteiger partial charge in [-0.05, 0) is 41.0 Å². The van der Waals surface area contributed by atoms with Gasteiger partial charge in [0.1, 0.15) is 29.4 Å². The largest absolute Gasteiger partial charge is 0.497 e. The molecule has 2 heterocycles. The standard InChI is InChI=1S/C36H29F5N2O7/c1-46-23-12-8-21(9-13-23)36(20-6-4-3-5-7-20,22-10-14-24(47-2)15-11-22)48-19-26-25(44)18-28(49-26)43-17-16-27(42-35(43)45)50-34-32(40)30(38)29(37)31(39)33(34)41/h3-17,25-26,28,44H,18-19H2,1-2H3/t25-,26+,28+/m0/s1. The van der Waals surface area contributed by atoms with Crippen molar-refractivity contribution in [2.45, 2.75) is 30.5 Å². The SMILES string of the molecule is COc1ccc(C(OC[C@H]2O[C@@H](n3ccc(Oc4c(F)c(F)c(F)c(F)c4F)nc3=O)C[C@@H]2O)(c2ccccc2)c2ccc(OC)cc2)cc1. The van der Waals surface area contributed by atoms with E-state index in [-0.39, 0.29) is 13.0 Å². The molecule has 0 saturated carbocycles. The summed E-state index contributed by atoms with van der Waals surface area (Å²) < 4.78 is 98.3. The van der Waals surface area contributed by atoms with Gasteiger partial charge in [-0.15, -0.1) is 0 Å². The first-order valence-electron chi connectivity index (χ1n) is 15.2. The van der Waals surface area contributed by atoms with Crippen LogP contribution in [0, 0.1) is 29.1 Å². The van der Waals surface area contributed by atoms with Crippen LogP contribution >= 0.6 is 0 Å². The Kier molecular flexibility index (Phi) is 9.86. The molecule has 0 amide bonds. The van der Waals surface area contributed by atoms with Gasteiger partial charge in [0.25, 0.3) is 0 Å². The van der Waals surface area contributed by atoms with Crippen molar-refractivity contribution >= 4 is 0 Å². The molecule has 1 N–H and O–H groups in total. The van der Waals surface area contributed by atoms with E-state index in [0.29, 0.717) is 11.5 Å². The normalized spacial score (nSPS) is 17.5. The van der Waals surface area contributed by atoms with E-state index < -0.39 is 70.4 Å². The average Bonchev–Trinajstić information content (AvgIpc) is 3.52. The summed E-state index contributed by atoms with van der Waals surface area (Å²) in [5.74, 6) is -12.3. The number of hydrogen-bond donors (Lipinski definition) is 1. The van der Waals surface area contributed by atoms with Crippen molar-refractivity contribution in [1.29, 1.82) is 0 Å². The minimum absolute atomic E-state index is 0.0726. The summed E-state index contributed by atoms with van der Waals surface area (Å²) in [7, 11) is 3.12. The second-order valence-corrected chi connectivity index (χ2v) is 11.2. The average molecular weight is 697 g/mol. The summed E-state index contributed by atoms with van der Waals surface area (Å²) in [6.45, 7) is -0.158. The molecule has 5 aromatic rings. The molecule has 0 bridgehead atoms. The van der Waals surface area contributed by atoms with E-state index in [2.05, 4.69) is 4.98 Å². The van der Waals surface area contributed by atoms with Crippen molar-refractivity contribution in [1.82, 2.24) is 9.55 Å². The van der Waals surface area contributed by atoms with Gasteiger partial charge >= 0.3 is 5.69 Å². The van der Waals surface area contributed by atoms with E-state index in [1.54, 1.807) is 38.5 Å². The summed E-state index contributed by atoms with van der Waals surface area (Å²) in [6, 6.07) is 25.1. The van der Waals surface area contributed by atoms with Crippen LogP contribution in [-0.2, 0) is 15.1 Å². The molecule has 1 saturated heterocycles. The van der Waals surface area contributed by atoms with E-state index >= 15 is 0 Å². The third-order valence-corrected chi connectivity index (χ3v) is 8.33. The molecule has 1 aliphatic rings. The highest BCUT2D eigenvalue weighted by atomic mass is 19.2. The lowest BCUT2D eigenvalue weighted by Crippen LogP contribution is -2.38.